The summed E-state index contributed by atoms with van der Waals surface area (Å²) in [7, 11) is 0. The van der Waals surface area contributed by atoms with Gasteiger partial charge in [-0.15, -0.1) is 0 Å². The third kappa shape index (κ3) is 2.06. The zero-order valence-electron chi connectivity index (χ0n) is 10.0. The van der Waals surface area contributed by atoms with E-state index in [0.717, 1.165) is 26.2 Å². The molecular weight excluding hydrogens is 233 g/mol. The lowest BCUT2D eigenvalue weighted by molar-refractivity contribution is 0.219. The van der Waals surface area contributed by atoms with Crippen molar-refractivity contribution in [3.05, 3.63) is 30.1 Å². The molecule has 2 fully saturated rings. The van der Waals surface area contributed by atoms with Crippen molar-refractivity contribution in [2.45, 2.75) is 0 Å². The molecule has 1 aromatic rings. The third-order valence-electron chi connectivity index (χ3n) is 3.79. The number of likely N-dealkylation sites (tertiary alicyclic amines) is 1. The monoisotopic (exact) mass is 249 g/mol. The fourth-order valence-electron chi connectivity index (χ4n) is 2.78. The predicted molar refractivity (Wildman–Crippen MR) is 66.8 cm³/mol. The number of fused-ring (bicyclic) bond motifs is 1. The number of anilines is 1. The minimum Gasteiger partial charge on any atom is -0.324 e. The minimum atomic E-state index is -0.396. The Hall–Kier alpha value is -1.62. The van der Waals surface area contributed by atoms with Gasteiger partial charge in [0.05, 0.1) is 5.69 Å². The fourth-order valence-corrected chi connectivity index (χ4v) is 2.78. The van der Waals surface area contributed by atoms with Gasteiger partial charge < -0.3 is 15.5 Å². The average molecular weight is 249 g/mol. The molecule has 0 unspecified atom stereocenters. The van der Waals surface area contributed by atoms with Crippen LogP contribution in [0.1, 0.15) is 0 Å². The van der Waals surface area contributed by atoms with E-state index in [4.69, 9.17) is 0 Å². The van der Waals surface area contributed by atoms with Crippen molar-refractivity contribution in [1.29, 1.82) is 0 Å². The van der Waals surface area contributed by atoms with Gasteiger partial charge in [-0.3, -0.25) is 0 Å². The summed E-state index contributed by atoms with van der Waals surface area (Å²) in [5.74, 6) is 0.708. The molecule has 1 aromatic carbocycles. The molecule has 2 heterocycles. The van der Waals surface area contributed by atoms with Gasteiger partial charge in [-0.25, -0.2) is 9.18 Å². The van der Waals surface area contributed by atoms with E-state index in [-0.39, 0.29) is 11.7 Å². The van der Waals surface area contributed by atoms with Gasteiger partial charge in [0.15, 0.2) is 0 Å². The smallest absolute Gasteiger partial charge is 0.321 e. The van der Waals surface area contributed by atoms with E-state index in [1.807, 2.05) is 0 Å². The zero-order valence-corrected chi connectivity index (χ0v) is 10.0. The van der Waals surface area contributed by atoms with Crippen LogP contribution in [0.2, 0.25) is 0 Å². The summed E-state index contributed by atoms with van der Waals surface area (Å²) in [5, 5.41) is 5.96. The topological polar surface area (TPSA) is 44.4 Å². The van der Waals surface area contributed by atoms with Crippen LogP contribution in [0.15, 0.2) is 24.3 Å². The molecule has 0 bridgehead atoms. The van der Waals surface area contributed by atoms with Gasteiger partial charge in [0, 0.05) is 26.2 Å². The molecule has 0 aromatic heterocycles. The average Bonchev–Trinajstić information content (AvgIpc) is 2.92. The van der Waals surface area contributed by atoms with E-state index in [2.05, 4.69) is 10.6 Å². The van der Waals surface area contributed by atoms with Crippen molar-refractivity contribution in [2.24, 2.45) is 11.8 Å². The maximum Gasteiger partial charge on any atom is 0.321 e. The quantitative estimate of drug-likeness (QED) is 0.792. The normalized spacial score (nSPS) is 26.2. The molecule has 2 N–H and O–H groups in total. The summed E-state index contributed by atoms with van der Waals surface area (Å²) in [6.07, 6.45) is 0. The van der Waals surface area contributed by atoms with E-state index >= 15 is 0 Å². The maximum absolute atomic E-state index is 13.4. The minimum absolute atomic E-state index is 0.200. The first-order chi connectivity index (χ1) is 8.74. The van der Waals surface area contributed by atoms with E-state index in [1.54, 1.807) is 23.1 Å². The molecule has 0 radical (unpaired) electrons. The van der Waals surface area contributed by atoms with Gasteiger partial charge in [0.25, 0.3) is 0 Å². The van der Waals surface area contributed by atoms with Crippen molar-refractivity contribution in [1.82, 2.24) is 10.2 Å². The highest BCUT2D eigenvalue weighted by Crippen LogP contribution is 2.26. The van der Waals surface area contributed by atoms with Gasteiger partial charge in [-0.2, -0.15) is 0 Å². The summed E-state index contributed by atoms with van der Waals surface area (Å²) < 4.78 is 13.4. The number of halogens is 1. The molecule has 2 aliphatic heterocycles. The van der Waals surface area contributed by atoms with E-state index in [1.165, 1.54) is 6.07 Å². The number of hydrogen-bond donors (Lipinski definition) is 2. The fraction of sp³-hybridized carbons (Fsp3) is 0.462. The van der Waals surface area contributed by atoms with Crippen LogP contribution >= 0.6 is 0 Å². The molecule has 2 amide bonds. The highest BCUT2D eigenvalue weighted by molar-refractivity contribution is 5.89. The molecule has 0 aliphatic carbocycles. The van der Waals surface area contributed by atoms with Crippen LogP contribution in [0.4, 0.5) is 14.9 Å². The Kier molecular flexibility index (Phi) is 2.91. The molecule has 3 rings (SSSR count). The van der Waals surface area contributed by atoms with Crippen molar-refractivity contribution >= 4 is 11.7 Å². The summed E-state index contributed by atoms with van der Waals surface area (Å²) in [4.78, 5) is 13.8. The predicted octanol–water partition coefficient (Wildman–Crippen LogP) is 1.51. The highest BCUT2D eigenvalue weighted by Gasteiger charge is 2.38. The van der Waals surface area contributed by atoms with E-state index in [0.29, 0.717) is 11.8 Å². The first-order valence-electron chi connectivity index (χ1n) is 6.25. The number of nitrogens with one attached hydrogen (secondary N) is 2. The Labute approximate surface area is 105 Å². The van der Waals surface area contributed by atoms with Gasteiger partial charge in [-0.1, -0.05) is 12.1 Å². The lowest BCUT2D eigenvalue weighted by Gasteiger charge is -2.18. The van der Waals surface area contributed by atoms with Crippen molar-refractivity contribution in [3.63, 3.8) is 0 Å². The molecule has 18 heavy (non-hydrogen) atoms. The largest absolute Gasteiger partial charge is 0.324 e. The number of para-hydroxylation sites is 1. The number of urea groups is 1. The van der Waals surface area contributed by atoms with Gasteiger partial charge in [-0.05, 0) is 24.0 Å². The second-order valence-corrected chi connectivity index (χ2v) is 4.99. The summed E-state index contributed by atoms with van der Waals surface area (Å²) >= 11 is 0. The first-order valence-corrected chi connectivity index (χ1v) is 6.25. The third-order valence-corrected chi connectivity index (χ3v) is 3.79. The SMILES string of the molecule is O=C(Nc1ccccc1F)N1C[C@H]2CNC[C@H]2C1. The van der Waals surface area contributed by atoms with Crippen molar-refractivity contribution in [2.75, 3.05) is 31.5 Å². The van der Waals surface area contributed by atoms with Crippen molar-refractivity contribution in [3.8, 4) is 0 Å². The first kappa shape index (κ1) is 11.5. The summed E-state index contributed by atoms with van der Waals surface area (Å²) in [6.45, 7) is 3.48. The van der Waals surface area contributed by atoms with Crippen LogP contribution < -0.4 is 10.6 Å². The number of amides is 2. The number of hydrogen-bond acceptors (Lipinski definition) is 2. The molecule has 96 valence electrons. The summed E-state index contributed by atoms with van der Waals surface area (Å²) in [6, 6.07) is 6.04. The van der Waals surface area contributed by atoms with Crippen LogP contribution in [0.3, 0.4) is 0 Å². The lowest BCUT2D eigenvalue weighted by atomic mass is 10.0. The Bertz CT molecular complexity index is 453. The molecular formula is C13H16FN3O. The van der Waals surface area contributed by atoms with Crippen molar-refractivity contribution < 1.29 is 9.18 Å². The number of carbonyl (C=O) groups is 1. The van der Waals surface area contributed by atoms with E-state index < -0.39 is 5.82 Å². The van der Waals surface area contributed by atoms with Crippen LogP contribution in [0, 0.1) is 17.7 Å². The number of nitrogens with zero attached hydrogens (tertiary/aromatic N) is 1. The maximum atomic E-state index is 13.4. The van der Waals surface area contributed by atoms with Gasteiger partial charge in [0.2, 0.25) is 0 Å². The molecule has 0 spiro atoms. The second kappa shape index (κ2) is 4.57. The molecule has 2 atom stereocenters. The van der Waals surface area contributed by atoms with Crippen LogP contribution in [-0.2, 0) is 0 Å². The Morgan fingerprint density at radius 3 is 2.61 bits per heavy atom. The standard InChI is InChI=1S/C13H16FN3O/c14-11-3-1-2-4-12(11)16-13(18)17-7-9-5-15-6-10(9)8-17/h1-4,9-10,15H,5-8H2,(H,16,18)/t9-,10+. The lowest BCUT2D eigenvalue weighted by Crippen LogP contribution is -2.35. The Balaban J connectivity index is 1.64. The molecule has 2 saturated heterocycles. The number of rotatable bonds is 1. The van der Waals surface area contributed by atoms with Gasteiger partial charge in [0.1, 0.15) is 5.82 Å². The van der Waals surface area contributed by atoms with Gasteiger partial charge >= 0.3 is 6.03 Å². The molecule has 5 heteroatoms. The number of benzene rings is 1. The molecule has 0 saturated carbocycles. The molecule has 2 aliphatic rings. The van der Waals surface area contributed by atoms with Crippen LogP contribution in [0.5, 0.6) is 0 Å². The summed E-state index contributed by atoms with van der Waals surface area (Å²) in [5.41, 5.74) is 0.248. The molecule has 4 nitrogen and oxygen atoms in total. The van der Waals surface area contributed by atoms with Crippen LogP contribution in [0.25, 0.3) is 0 Å². The highest BCUT2D eigenvalue weighted by atomic mass is 19.1. The number of carbonyl (C=O) groups excluding carboxylic acids is 1. The second-order valence-electron chi connectivity index (χ2n) is 4.99. The van der Waals surface area contributed by atoms with Crippen LogP contribution in [-0.4, -0.2) is 37.1 Å². The Morgan fingerprint density at radius 2 is 1.94 bits per heavy atom. The van der Waals surface area contributed by atoms with E-state index in [9.17, 15) is 9.18 Å². The zero-order chi connectivity index (χ0) is 12.5. The Morgan fingerprint density at radius 1 is 1.28 bits per heavy atom.